The standard InChI is InChI=1S/C15H22N2O3S/c1-11(2)16-17-15(3,10-9-14(18)19)20-12-5-7-13(21-4)8-6-12/h5-8,11H,9-10H2,1-4H3,(H,18,19). The Hall–Kier alpha value is -1.56. The first-order valence-corrected chi connectivity index (χ1v) is 8.04. The van der Waals surface area contributed by atoms with E-state index >= 15 is 0 Å². The van der Waals surface area contributed by atoms with Gasteiger partial charge in [0.1, 0.15) is 5.75 Å². The van der Waals surface area contributed by atoms with Crippen molar-refractivity contribution in [3.05, 3.63) is 24.3 Å². The summed E-state index contributed by atoms with van der Waals surface area (Å²) in [6.45, 7) is 5.58. The second-order valence-electron chi connectivity index (χ2n) is 5.16. The van der Waals surface area contributed by atoms with Crippen molar-refractivity contribution in [1.29, 1.82) is 0 Å². The van der Waals surface area contributed by atoms with Gasteiger partial charge in [0.05, 0.1) is 12.5 Å². The van der Waals surface area contributed by atoms with Gasteiger partial charge < -0.3 is 9.84 Å². The zero-order valence-corrected chi connectivity index (χ0v) is 13.7. The lowest BCUT2D eigenvalue weighted by molar-refractivity contribution is -0.138. The van der Waals surface area contributed by atoms with E-state index in [-0.39, 0.29) is 18.9 Å². The van der Waals surface area contributed by atoms with Crippen LogP contribution < -0.4 is 4.74 Å². The quantitative estimate of drug-likeness (QED) is 0.576. The normalized spacial score (nSPS) is 14.3. The molecular weight excluding hydrogens is 288 g/mol. The predicted molar refractivity (Wildman–Crippen MR) is 84.1 cm³/mol. The van der Waals surface area contributed by atoms with E-state index in [4.69, 9.17) is 9.84 Å². The molecule has 0 aliphatic rings. The van der Waals surface area contributed by atoms with E-state index in [1.165, 1.54) is 0 Å². The number of azo groups is 1. The number of benzene rings is 1. The third kappa shape index (κ3) is 6.62. The Morgan fingerprint density at radius 1 is 1.38 bits per heavy atom. The molecule has 6 heteroatoms. The molecule has 1 aromatic rings. The van der Waals surface area contributed by atoms with Crippen LogP contribution in [-0.4, -0.2) is 29.1 Å². The van der Waals surface area contributed by atoms with E-state index in [0.29, 0.717) is 5.75 Å². The summed E-state index contributed by atoms with van der Waals surface area (Å²) in [4.78, 5) is 11.9. The maximum Gasteiger partial charge on any atom is 0.303 e. The van der Waals surface area contributed by atoms with Gasteiger partial charge in [-0.05, 0) is 51.3 Å². The van der Waals surface area contributed by atoms with Crippen molar-refractivity contribution in [3.63, 3.8) is 0 Å². The summed E-state index contributed by atoms with van der Waals surface area (Å²) in [6, 6.07) is 7.66. The van der Waals surface area contributed by atoms with E-state index in [2.05, 4.69) is 10.2 Å². The van der Waals surface area contributed by atoms with Crippen LogP contribution in [0, 0.1) is 0 Å². The number of carboxylic acid groups (broad SMARTS) is 1. The lowest BCUT2D eigenvalue weighted by Crippen LogP contribution is -2.30. The fraction of sp³-hybridized carbons (Fsp3) is 0.533. The highest BCUT2D eigenvalue weighted by Crippen LogP contribution is 2.26. The predicted octanol–water partition coefficient (Wildman–Crippen LogP) is 4.23. The van der Waals surface area contributed by atoms with Crippen LogP contribution in [0.15, 0.2) is 39.4 Å². The highest BCUT2D eigenvalue weighted by molar-refractivity contribution is 7.98. The van der Waals surface area contributed by atoms with Crippen molar-refractivity contribution in [2.45, 2.75) is 50.3 Å². The molecule has 0 radical (unpaired) electrons. The van der Waals surface area contributed by atoms with Crippen molar-refractivity contribution in [3.8, 4) is 5.75 Å². The molecule has 5 nitrogen and oxygen atoms in total. The molecule has 0 aliphatic heterocycles. The molecule has 1 atom stereocenters. The van der Waals surface area contributed by atoms with Gasteiger partial charge in [-0.1, -0.05) is 0 Å². The van der Waals surface area contributed by atoms with Gasteiger partial charge in [0, 0.05) is 11.3 Å². The summed E-state index contributed by atoms with van der Waals surface area (Å²) in [5, 5.41) is 17.2. The lowest BCUT2D eigenvalue weighted by atomic mass is 10.1. The smallest absolute Gasteiger partial charge is 0.303 e. The van der Waals surface area contributed by atoms with Crippen molar-refractivity contribution in [2.75, 3.05) is 6.26 Å². The molecule has 0 fully saturated rings. The Labute approximate surface area is 129 Å². The van der Waals surface area contributed by atoms with E-state index in [1.807, 2.05) is 44.4 Å². The fourth-order valence-electron chi connectivity index (χ4n) is 1.60. The van der Waals surface area contributed by atoms with Crippen LogP contribution in [0.4, 0.5) is 0 Å². The lowest BCUT2D eigenvalue weighted by Gasteiger charge is -2.25. The maximum absolute atomic E-state index is 10.8. The number of carboxylic acids is 1. The summed E-state index contributed by atoms with van der Waals surface area (Å²) in [5.74, 6) is -0.217. The van der Waals surface area contributed by atoms with Gasteiger partial charge in [-0.15, -0.1) is 16.9 Å². The van der Waals surface area contributed by atoms with Crippen molar-refractivity contribution in [1.82, 2.24) is 0 Å². The molecule has 0 aromatic heterocycles. The van der Waals surface area contributed by atoms with Crippen molar-refractivity contribution < 1.29 is 14.6 Å². The Balaban J connectivity index is 2.86. The number of aliphatic carboxylic acids is 1. The molecule has 116 valence electrons. The topological polar surface area (TPSA) is 71.2 Å². The Kier molecular flexibility index (Phi) is 6.68. The Bertz CT molecular complexity index is 488. The number of hydrogen-bond donors (Lipinski definition) is 1. The molecule has 0 bridgehead atoms. The first-order chi connectivity index (χ1) is 9.84. The van der Waals surface area contributed by atoms with Crippen LogP contribution in [0.3, 0.4) is 0 Å². The minimum absolute atomic E-state index is 0.0174. The van der Waals surface area contributed by atoms with Crippen molar-refractivity contribution in [2.24, 2.45) is 10.2 Å². The third-order valence-corrected chi connectivity index (χ3v) is 3.44. The molecule has 0 spiro atoms. The summed E-state index contributed by atoms with van der Waals surface area (Å²) in [6.07, 6.45) is 2.25. The van der Waals surface area contributed by atoms with Crippen LogP contribution in [0.2, 0.25) is 0 Å². The fourth-order valence-corrected chi connectivity index (χ4v) is 2.00. The number of ether oxygens (including phenoxy) is 1. The molecular formula is C15H22N2O3S. The molecule has 1 N–H and O–H groups in total. The van der Waals surface area contributed by atoms with E-state index < -0.39 is 11.7 Å². The summed E-state index contributed by atoms with van der Waals surface area (Å²) in [5.41, 5.74) is -0.969. The van der Waals surface area contributed by atoms with Gasteiger partial charge in [0.15, 0.2) is 0 Å². The Morgan fingerprint density at radius 2 is 2.00 bits per heavy atom. The highest BCUT2D eigenvalue weighted by Gasteiger charge is 2.27. The van der Waals surface area contributed by atoms with Gasteiger partial charge in [0.25, 0.3) is 0 Å². The van der Waals surface area contributed by atoms with Crippen LogP contribution >= 0.6 is 11.8 Å². The summed E-state index contributed by atoms with van der Waals surface area (Å²) in [7, 11) is 0. The van der Waals surface area contributed by atoms with Gasteiger partial charge in [-0.25, -0.2) is 0 Å². The Morgan fingerprint density at radius 3 is 2.48 bits per heavy atom. The first kappa shape index (κ1) is 17.5. The highest BCUT2D eigenvalue weighted by atomic mass is 32.2. The molecule has 21 heavy (non-hydrogen) atoms. The largest absolute Gasteiger partial charge is 0.481 e. The number of hydrogen-bond acceptors (Lipinski definition) is 5. The summed E-state index contributed by atoms with van der Waals surface area (Å²) >= 11 is 1.65. The van der Waals surface area contributed by atoms with E-state index in [9.17, 15) is 4.79 Å². The minimum Gasteiger partial charge on any atom is -0.481 e. The number of nitrogens with zero attached hydrogens (tertiary/aromatic N) is 2. The zero-order chi connectivity index (χ0) is 15.9. The zero-order valence-electron chi connectivity index (χ0n) is 12.9. The van der Waals surface area contributed by atoms with Gasteiger partial charge >= 0.3 is 5.97 Å². The molecule has 0 heterocycles. The maximum atomic E-state index is 10.8. The molecule has 1 aromatic carbocycles. The first-order valence-electron chi connectivity index (χ1n) is 6.81. The average molecular weight is 310 g/mol. The second kappa shape index (κ2) is 8.02. The van der Waals surface area contributed by atoms with Crippen LogP contribution in [0.25, 0.3) is 0 Å². The molecule has 1 rings (SSSR count). The number of thioether (sulfide) groups is 1. The molecule has 1 unspecified atom stereocenters. The van der Waals surface area contributed by atoms with Gasteiger partial charge in [0.2, 0.25) is 5.72 Å². The van der Waals surface area contributed by atoms with Gasteiger partial charge in [-0.2, -0.15) is 5.11 Å². The summed E-state index contributed by atoms with van der Waals surface area (Å²) < 4.78 is 5.87. The molecule has 0 saturated carbocycles. The minimum atomic E-state index is -0.969. The molecule has 0 amide bonds. The molecule has 0 saturated heterocycles. The number of carbonyl (C=O) groups is 1. The van der Waals surface area contributed by atoms with Gasteiger partial charge in [-0.3, -0.25) is 4.79 Å². The number of rotatable bonds is 8. The van der Waals surface area contributed by atoms with E-state index in [1.54, 1.807) is 18.7 Å². The van der Waals surface area contributed by atoms with Crippen LogP contribution in [0.5, 0.6) is 5.75 Å². The van der Waals surface area contributed by atoms with Crippen LogP contribution in [0.1, 0.15) is 33.6 Å². The van der Waals surface area contributed by atoms with E-state index in [0.717, 1.165) is 4.90 Å². The van der Waals surface area contributed by atoms with Crippen LogP contribution in [-0.2, 0) is 4.79 Å². The monoisotopic (exact) mass is 310 g/mol. The third-order valence-electron chi connectivity index (χ3n) is 2.70. The van der Waals surface area contributed by atoms with Crippen molar-refractivity contribution >= 4 is 17.7 Å². The second-order valence-corrected chi connectivity index (χ2v) is 6.04. The average Bonchev–Trinajstić information content (AvgIpc) is 2.44. The SMILES string of the molecule is CSc1ccc(OC(C)(CCC(=O)O)N=NC(C)C)cc1. The molecule has 0 aliphatic carbocycles.